The highest BCUT2D eigenvalue weighted by molar-refractivity contribution is 5.74. The SMILES string of the molecule is O=C(NCC1CCN(CC(F)(F)F)C1)NC1CCc2ccccc21. The molecule has 0 radical (unpaired) electrons. The third kappa shape index (κ3) is 4.41. The molecule has 1 fully saturated rings. The molecule has 24 heavy (non-hydrogen) atoms. The fourth-order valence-corrected chi connectivity index (χ4v) is 3.63. The van der Waals surface area contributed by atoms with E-state index in [1.807, 2.05) is 18.2 Å². The molecular weight excluding hydrogens is 319 g/mol. The summed E-state index contributed by atoms with van der Waals surface area (Å²) in [5, 5.41) is 5.77. The van der Waals surface area contributed by atoms with Crippen molar-refractivity contribution in [2.45, 2.75) is 31.5 Å². The van der Waals surface area contributed by atoms with E-state index < -0.39 is 12.7 Å². The number of rotatable bonds is 4. The van der Waals surface area contributed by atoms with E-state index in [0.29, 0.717) is 26.1 Å². The molecular formula is C17H22F3N3O. The standard InChI is InChI=1S/C17H22F3N3O/c18-17(19,20)11-23-8-7-12(10-23)9-21-16(24)22-15-6-5-13-3-1-2-4-14(13)15/h1-4,12,15H,5-11H2,(H2,21,22,24). The second kappa shape index (κ2) is 7.01. The maximum absolute atomic E-state index is 12.4. The van der Waals surface area contributed by atoms with Gasteiger partial charge in [-0.3, -0.25) is 4.90 Å². The van der Waals surface area contributed by atoms with E-state index in [-0.39, 0.29) is 18.0 Å². The first kappa shape index (κ1) is 17.1. The molecule has 0 spiro atoms. The number of fused-ring (bicyclic) bond motifs is 1. The van der Waals surface area contributed by atoms with Gasteiger partial charge in [0.05, 0.1) is 12.6 Å². The summed E-state index contributed by atoms with van der Waals surface area (Å²) in [6.07, 6.45) is -1.64. The van der Waals surface area contributed by atoms with E-state index in [0.717, 1.165) is 18.4 Å². The number of hydrogen-bond donors (Lipinski definition) is 2. The molecule has 2 amide bonds. The Morgan fingerprint density at radius 1 is 1.25 bits per heavy atom. The Morgan fingerprint density at radius 2 is 2.04 bits per heavy atom. The van der Waals surface area contributed by atoms with Gasteiger partial charge in [0, 0.05) is 13.1 Å². The zero-order valence-corrected chi connectivity index (χ0v) is 13.4. The van der Waals surface area contributed by atoms with Gasteiger partial charge in [0.2, 0.25) is 0 Å². The van der Waals surface area contributed by atoms with Crippen LogP contribution in [0.3, 0.4) is 0 Å². The van der Waals surface area contributed by atoms with Gasteiger partial charge in [-0.05, 0) is 42.9 Å². The lowest BCUT2D eigenvalue weighted by atomic mass is 10.1. The second-order valence-electron chi connectivity index (χ2n) is 6.65. The number of halogens is 3. The quantitative estimate of drug-likeness (QED) is 0.884. The summed E-state index contributed by atoms with van der Waals surface area (Å²) in [5.74, 6) is 0.0777. The van der Waals surface area contributed by atoms with Crippen LogP contribution in [0, 0.1) is 5.92 Å². The number of urea groups is 1. The molecule has 2 N–H and O–H groups in total. The largest absolute Gasteiger partial charge is 0.401 e. The van der Waals surface area contributed by atoms with E-state index in [4.69, 9.17) is 0 Å². The molecule has 0 bridgehead atoms. The molecule has 1 aromatic carbocycles. The number of likely N-dealkylation sites (tertiary alicyclic amines) is 1. The predicted molar refractivity (Wildman–Crippen MR) is 84.6 cm³/mol. The van der Waals surface area contributed by atoms with Gasteiger partial charge < -0.3 is 10.6 Å². The van der Waals surface area contributed by atoms with Crippen molar-refractivity contribution in [3.63, 3.8) is 0 Å². The Balaban J connectivity index is 1.41. The van der Waals surface area contributed by atoms with Crippen LogP contribution < -0.4 is 10.6 Å². The number of aryl methyl sites for hydroxylation is 1. The van der Waals surface area contributed by atoms with Gasteiger partial charge in [0.1, 0.15) is 0 Å². The maximum Gasteiger partial charge on any atom is 0.401 e. The molecule has 2 atom stereocenters. The van der Waals surface area contributed by atoms with Crippen LogP contribution in [-0.4, -0.2) is 43.3 Å². The lowest BCUT2D eigenvalue weighted by molar-refractivity contribution is -0.143. The van der Waals surface area contributed by atoms with Crippen LogP contribution >= 0.6 is 0 Å². The third-order valence-electron chi connectivity index (χ3n) is 4.76. The number of hydrogen-bond acceptors (Lipinski definition) is 2. The Labute approximate surface area is 139 Å². The van der Waals surface area contributed by atoms with Crippen LogP contribution in [0.25, 0.3) is 0 Å². The van der Waals surface area contributed by atoms with Crippen LogP contribution in [0.4, 0.5) is 18.0 Å². The average molecular weight is 341 g/mol. The summed E-state index contributed by atoms with van der Waals surface area (Å²) in [7, 11) is 0. The van der Waals surface area contributed by atoms with Crippen molar-refractivity contribution < 1.29 is 18.0 Å². The molecule has 1 aliphatic heterocycles. The number of nitrogens with one attached hydrogen (secondary N) is 2. The molecule has 2 unspecified atom stereocenters. The molecule has 4 nitrogen and oxygen atoms in total. The molecule has 3 rings (SSSR count). The summed E-state index contributed by atoms with van der Waals surface area (Å²) in [6, 6.07) is 7.83. The van der Waals surface area contributed by atoms with Crippen LogP contribution in [0.2, 0.25) is 0 Å². The molecule has 132 valence electrons. The normalized spacial score (nSPS) is 24.0. The van der Waals surface area contributed by atoms with Crippen molar-refractivity contribution in [2.75, 3.05) is 26.2 Å². The smallest absolute Gasteiger partial charge is 0.338 e. The number of alkyl halides is 3. The molecule has 1 heterocycles. The van der Waals surface area contributed by atoms with Gasteiger partial charge in [0.25, 0.3) is 0 Å². The van der Waals surface area contributed by atoms with E-state index >= 15 is 0 Å². The van der Waals surface area contributed by atoms with Crippen molar-refractivity contribution in [3.05, 3.63) is 35.4 Å². The molecule has 1 aromatic rings. The van der Waals surface area contributed by atoms with Gasteiger partial charge >= 0.3 is 12.2 Å². The minimum absolute atomic E-state index is 0.0199. The van der Waals surface area contributed by atoms with Gasteiger partial charge in [0.15, 0.2) is 0 Å². The molecule has 1 saturated heterocycles. The number of nitrogens with zero attached hydrogens (tertiary/aromatic N) is 1. The summed E-state index contributed by atoms with van der Waals surface area (Å²) in [6.45, 7) is 0.360. The minimum atomic E-state index is -4.16. The molecule has 1 aliphatic carbocycles. The Bertz CT molecular complexity index is 591. The van der Waals surface area contributed by atoms with Gasteiger partial charge in [-0.1, -0.05) is 24.3 Å². The summed E-state index contributed by atoms with van der Waals surface area (Å²) < 4.78 is 37.1. The number of amides is 2. The summed E-state index contributed by atoms with van der Waals surface area (Å²) in [4.78, 5) is 13.5. The van der Waals surface area contributed by atoms with Crippen molar-refractivity contribution in [2.24, 2.45) is 5.92 Å². The summed E-state index contributed by atoms with van der Waals surface area (Å²) in [5.41, 5.74) is 2.42. The monoisotopic (exact) mass is 341 g/mol. The highest BCUT2D eigenvalue weighted by atomic mass is 19.4. The Morgan fingerprint density at radius 3 is 2.83 bits per heavy atom. The molecule has 2 aliphatic rings. The maximum atomic E-state index is 12.4. The minimum Gasteiger partial charge on any atom is -0.338 e. The first-order valence-corrected chi connectivity index (χ1v) is 8.32. The average Bonchev–Trinajstić information content (AvgIpc) is 3.11. The number of carbonyl (C=O) groups excluding carboxylic acids is 1. The fraction of sp³-hybridized carbons (Fsp3) is 0.588. The molecule has 0 saturated carbocycles. The second-order valence-corrected chi connectivity index (χ2v) is 6.65. The topological polar surface area (TPSA) is 44.4 Å². The fourth-order valence-electron chi connectivity index (χ4n) is 3.63. The summed E-state index contributed by atoms with van der Waals surface area (Å²) >= 11 is 0. The van der Waals surface area contributed by atoms with E-state index in [9.17, 15) is 18.0 Å². The highest BCUT2D eigenvalue weighted by Crippen LogP contribution is 2.30. The Kier molecular flexibility index (Phi) is 4.99. The lowest BCUT2D eigenvalue weighted by Crippen LogP contribution is -2.40. The van der Waals surface area contributed by atoms with E-state index in [1.54, 1.807) is 0 Å². The zero-order valence-electron chi connectivity index (χ0n) is 13.4. The van der Waals surface area contributed by atoms with Crippen molar-refractivity contribution in [1.29, 1.82) is 0 Å². The van der Waals surface area contributed by atoms with E-state index in [2.05, 4.69) is 16.7 Å². The first-order chi connectivity index (χ1) is 11.4. The van der Waals surface area contributed by atoms with Crippen LogP contribution in [0.15, 0.2) is 24.3 Å². The van der Waals surface area contributed by atoms with Gasteiger partial charge in [-0.2, -0.15) is 13.2 Å². The van der Waals surface area contributed by atoms with Crippen molar-refractivity contribution >= 4 is 6.03 Å². The number of benzene rings is 1. The third-order valence-corrected chi connectivity index (χ3v) is 4.76. The molecule has 7 heteroatoms. The van der Waals surface area contributed by atoms with Crippen molar-refractivity contribution in [1.82, 2.24) is 15.5 Å². The predicted octanol–water partition coefficient (Wildman–Crippen LogP) is 2.86. The van der Waals surface area contributed by atoms with Crippen LogP contribution in [0.1, 0.15) is 30.0 Å². The van der Waals surface area contributed by atoms with Gasteiger partial charge in [-0.25, -0.2) is 4.79 Å². The first-order valence-electron chi connectivity index (χ1n) is 8.32. The van der Waals surface area contributed by atoms with Crippen LogP contribution in [-0.2, 0) is 6.42 Å². The lowest BCUT2D eigenvalue weighted by Gasteiger charge is -2.19. The highest BCUT2D eigenvalue weighted by Gasteiger charge is 2.34. The van der Waals surface area contributed by atoms with E-state index in [1.165, 1.54) is 10.5 Å². The Hall–Kier alpha value is -1.76. The van der Waals surface area contributed by atoms with Gasteiger partial charge in [-0.15, -0.1) is 0 Å². The molecule has 0 aromatic heterocycles. The number of carbonyl (C=O) groups is 1. The van der Waals surface area contributed by atoms with Crippen LogP contribution in [0.5, 0.6) is 0 Å². The van der Waals surface area contributed by atoms with Crippen molar-refractivity contribution in [3.8, 4) is 0 Å². The zero-order chi connectivity index (χ0) is 17.2.